The largest absolute Gasteiger partial charge is 0.497 e. The molecule has 0 saturated heterocycles. The maximum Gasteiger partial charge on any atom is 0.433 e. The van der Waals surface area contributed by atoms with Crippen LogP contribution in [0.2, 0.25) is 0 Å². The molecule has 4 aromatic rings. The van der Waals surface area contributed by atoms with Gasteiger partial charge in [-0.15, -0.1) is 0 Å². The number of nitrogens with zero attached hydrogens (tertiary/aromatic N) is 2. The van der Waals surface area contributed by atoms with E-state index >= 15 is 0 Å². The van der Waals surface area contributed by atoms with E-state index in [4.69, 9.17) is 4.74 Å². The second-order valence-corrected chi connectivity index (χ2v) is 9.04. The summed E-state index contributed by atoms with van der Waals surface area (Å²) < 4.78 is 77.1. The number of nitrogens with one attached hydrogen (secondary N) is 1. The van der Waals surface area contributed by atoms with Gasteiger partial charge in [0.1, 0.15) is 5.75 Å². The van der Waals surface area contributed by atoms with Gasteiger partial charge in [-0.25, -0.2) is 8.42 Å². The number of hydrogen-bond acceptors (Lipinski definition) is 4. The van der Waals surface area contributed by atoms with E-state index in [2.05, 4.69) is 9.82 Å². The smallest absolute Gasteiger partial charge is 0.433 e. The van der Waals surface area contributed by atoms with E-state index in [1.807, 2.05) is 0 Å². The van der Waals surface area contributed by atoms with Crippen molar-refractivity contribution in [2.75, 3.05) is 11.8 Å². The lowest BCUT2D eigenvalue weighted by Gasteiger charge is -2.13. The molecule has 0 aliphatic carbocycles. The molecule has 3 aromatic carbocycles. The van der Waals surface area contributed by atoms with E-state index in [1.165, 1.54) is 55.6 Å². The molecule has 0 aliphatic heterocycles. The van der Waals surface area contributed by atoms with E-state index in [0.29, 0.717) is 11.3 Å². The minimum Gasteiger partial charge on any atom is -0.497 e. The van der Waals surface area contributed by atoms with Gasteiger partial charge in [-0.1, -0.05) is 60.7 Å². The van der Waals surface area contributed by atoms with Gasteiger partial charge in [0, 0.05) is 0 Å². The number of methoxy groups -OCH3 is 1. The number of ether oxygens (including phenoxy) is 1. The second kappa shape index (κ2) is 9.22. The second-order valence-electron chi connectivity index (χ2n) is 7.36. The number of halogens is 3. The Balaban J connectivity index is 1.91. The predicted octanol–water partition coefficient (Wildman–Crippen LogP) is 5.43. The highest BCUT2D eigenvalue weighted by Gasteiger charge is 2.41. The molecule has 0 bridgehead atoms. The number of alkyl halides is 3. The molecule has 0 unspecified atom stereocenters. The van der Waals surface area contributed by atoms with Gasteiger partial charge < -0.3 is 4.74 Å². The molecule has 0 fully saturated rings. The Hall–Kier alpha value is -3.79. The van der Waals surface area contributed by atoms with Gasteiger partial charge in [0.15, 0.2) is 11.5 Å². The first-order valence-electron chi connectivity index (χ1n) is 10.1. The van der Waals surface area contributed by atoms with Gasteiger partial charge in [-0.2, -0.15) is 18.3 Å². The van der Waals surface area contributed by atoms with Crippen LogP contribution < -0.4 is 9.46 Å². The molecule has 0 aliphatic rings. The first-order chi connectivity index (χ1) is 16.2. The SMILES string of the molecule is COc1ccc(-c2c(NS(=O)(=O)c3ccccc3)nn(Cc3ccccc3)c2C(F)(F)F)cc1. The highest BCUT2D eigenvalue weighted by Crippen LogP contribution is 2.42. The fourth-order valence-corrected chi connectivity index (χ4v) is 4.54. The molecule has 6 nitrogen and oxygen atoms in total. The fourth-order valence-electron chi connectivity index (χ4n) is 3.51. The third-order valence-corrected chi connectivity index (χ3v) is 6.41. The van der Waals surface area contributed by atoms with Gasteiger partial charge in [0.05, 0.1) is 24.1 Å². The molecule has 1 aromatic heterocycles. The lowest BCUT2D eigenvalue weighted by atomic mass is 10.0. The summed E-state index contributed by atoms with van der Waals surface area (Å²) in [6, 6.07) is 21.7. The van der Waals surface area contributed by atoms with Crippen molar-refractivity contribution in [1.82, 2.24) is 9.78 Å². The molecular weight excluding hydrogens is 467 g/mol. The van der Waals surface area contributed by atoms with E-state index in [1.54, 1.807) is 36.4 Å². The number of aromatic nitrogens is 2. The van der Waals surface area contributed by atoms with E-state index in [-0.39, 0.29) is 22.6 Å². The van der Waals surface area contributed by atoms with Crippen molar-refractivity contribution in [3.63, 3.8) is 0 Å². The zero-order chi connectivity index (χ0) is 24.3. The third-order valence-electron chi connectivity index (χ3n) is 5.06. The van der Waals surface area contributed by atoms with Crippen LogP contribution in [-0.2, 0) is 22.7 Å². The van der Waals surface area contributed by atoms with Crippen LogP contribution in [0.15, 0.2) is 89.8 Å². The van der Waals surface area contributed by atoms with Crippen LogP contribution >= 0.6 is 0 Å². The molecule has 176 valence electrons. The maximum atomic E-state index is 14.3. The van der Waals surface area contributed by atoms with Crippen molar-refractivity contribution in [3.05, 3.63) is 96.2 Å². The van der Waals surface area contributed by atoms with E-state index in [9.17, 15) is 21.6 Å². The fraction of sp³-hybridized carbons (Fsp3) is 0.125. The predicted molar refractivity (Wildman–Crippen MR) is 122 cm³/mol. The lowest BCUT2D eigenvalue weighted by molar-refractivity contribution is -0.143. The average molecular weight is 488 g/mol. The van der Waals surface area contributed by atoms with Gasteiger partial charge >= 0.3 is 6.18 Å². The van der Waals surface area contributed by atoms with Crippen LogP contribution in [0.1, 0.15) is 11.3 Å². The highest BCUT2D eigenvalue weighted by atomic mass is 32.2. The Bertz CT molecular complexity index is 1370. The van der Waals surface area contributed by atoms with E-state index in [0.717, 1.165) is 4.68 Å². The van der Waals surface area contributed by atoms with Crippen molar-refractivity contribution in [2.45, 2.75) is 17.6 Å². The molecule has 0 saturated carbocycles. The van der Waals surface area contributed by atoms with Gasteiger partial charge in [0.2, 0.25) is 0 Å². The average Bonchev–Trinajstić information content (AvgIpc) is 3.17. The number of rotatable bonds is 7. The van der Waals surface area contributed by atoms with Gasteiger partial charge in [-0.05, 0) is 35.4 Å². The van der Waals surface area contributed by atoms with Crippen molar-refractivity contribution in [2.24, 2.45) is 0 Å². The van der Waals surface area contributed by atoms with Crippen LogP contribution in [0.25, 0.3) is 11.1 Å². The lowest BCUT2D eigenvalue weighted by Crippen LogP contribution is -2.16. The first kappa shape index (κ1) is 23.4. The van der Waals surface area contributed by atoms with Crippen LogP contribution in [-0.4, -0.2) is 25.3 Å². The van der Waals surface area contributed by atoms with Crippen molar-refractivity contribution in [3.8, 4) is 16.9 Å². The molecule has 1 heterocycles. The number of benzene rings is 3. The summed E-state index contributed by atoms with van der Waals surface area (Å²) in [4.78, 5) is -0.0955. The zero-order valence-electron chi connectivity index (χ0n) is 18.0. The Morgan fingerprint density at radius 3 is 2.06 bits per heavy atom. The number of hydrogen-bond donors (Lipinski definition) is 1. The quantitative estimate of drug-likeness (QED) is 0.378. The summed E-state index contributed by atoms with van der Waals surface area (Å²) in [6.45, 7) is -0.202. The Labute approximate surface area is 194 Å². The zero-order valence-corrected chi connectivity index (χ0v) is 18.8. The van der Waals surface area contributed by atoms with Gasteiger partial charge in [0.25, 0.3) is 10.0 Å². The van der Waals surface area contributed by atoms with Crippen molar-refractivity contribution < 1.29 is 26.3 Å². The van der Waals surface area contributed by atoms with Crippen LogP contribution in [0.4, 0.5) is 19.0 Å². The summed E-state index contributed by atoms with van der Waals surface area (Å²) in [5.74, 6) is 0.0256. The monoisotopic (exact) mass is 487 g/mol. The highest BCUT2D eigenvalue weighted by molar-refractivity contribution is 7.92. The minimum absolute atomic E-state index is 0.0955. The molecule has 10 heteroatoms. The van der Waals surface area contributed by atoms with Crippen LogP contribution in [0, 0.1) is 0 Å². The Kier molecular flexibility index (Phi) is 6.34. The molecule has 0 spiro atoms. The molecule has 4 rings (SSSR count). The van der Waals surface area contributed by atoms with Crippen LogP contribution in [0.5, 0.6) is 5.75 Å². The molecule has 0 radical (unpaired) electrons. The number of sulfonamides is 1. The topological polar surface area (TPSA) is 73.2 Å². The number of anilines is 1. The Morgan fingerprint density at radius 2 is 1.50 bits per heavy atom. The molecule has 0 atom stereocenters. The van der Waals surface area contributed by atoms with Crippen molar-refractivity contribution >= 4 is 15.8 Å². The molecule has 34 heavy (non-hydrogen) atoms. The van der Waals surface area contributed by atoms with Gasteiger partial charge in [-0.3, -0.25) is 9.40 Å². The summed E-state index contributed by atoms with van der Waals surface area (Å²) in [7, 11) is -2.76. The summed E-state index contributed by atoms with van der Waals surface area (Å²) in [5, 5.41) is 4.08. The molecule has 1 N–H and O–H groups in total. The summed E-state index contributed by atoms with van der Waals surface area (Å²) in [5.41, 5.74) is -0.717. The summed E-state index contributed by atoms with van der Waals surface area (Å²) >= 11 is 0. The van der Waals surface area contributed by atoms with Crippen molar-refractivity contribution in [1.29, 1.82) is 0 Å². The van der Waals surface area contributed by atoms with Crippen LogP contribution in [0.3, 0.4) is 0 Å². The molecule has 0 amide bonds. The maximum absolute atomic E-state index is 14.3. The normalized spacial score (nSPS) is 11.9. The van der Waals surface area contributed by atoms with E-state index < -0.39 is 27.7 Å². The minimum atomic E-state index is -4.81. The first-order valence-corrected chi connectivity index (χ1v) is 11.6. The third kappa shape index (κ3) is 4.91. The summed E-state index contributed by atoms with van der Waals surface area (Å²) in [6.07, 6.45) is -4.81. The Morgan fingerprint density at radius 1 is 0.912 bits per heavy atom. The standard InChI is InChI=1S/C24H20F3N3O3S/c1-33-19-14-12-18(13-15-19)21-22(24(25,26)27)30(16-17-8-4-2-5-9-17)28-23(21)29-34(31,32)20-10-6-3-7-11-20/h2-15H,16H2,1H3,(H,28,29). The molecular formula is C24H20F3N3O3S.